The summed E-state index contributed by atoms with van der Waals surface area (Å²) in [5.41, 5.74) is 0.714. The highest BCUT2D eigenvalue weighted by atomic mass is 79.9. The maximum absolute atomic E-state index is 12.4. The lowest BCUT2D eigenvalue weighted by atomic mass is 10.1. The molecule has 1 aromatic carbocycles. The van der Waals surface area contributed by atoms with E-state index in [-0.39, 0.29) is 16.9 Å². The molecule has 0 atom stereocenters. The summed E-state index contributed by atoms with van der Waals surface area (Å²) in [6, 6.07) is 5.67. The number of halogens is 1. The molecule has 0 saturated heterocycles. The minimum atomic E-state index is -0.215. The minimum Gasteiger partial charge on any atom is -0.359 e. The Morgan fingerprint density at radius 2 is 2.16 bits per heavy atom. The number of benzene rings is 1. The molecule has 0 spiro atoms. The Morgan fingerprint density at radius 1 is 1.42 bits per heavy atom. The molecule has 0 bridgehead atoms. The second kappa shape index (κ2) is 4.49. The topological polar surface area (TPSA) is 53.2 Å². The van der Waals surface area contributed by atoms with Crippen molar-refractivity contribution >= 4 is 32.7 Å². The van der Waals surface area contributed by atoms with Crippen LogP contribution in [0.2, 0.25) is 0 Å². The van der Waals surface area contributed by atoms with E-state index >= 15 is 0 Å². The molecule has 1 fully saturated rings. The first-order valence-electron chi connectivity index (χ1n) is 6.16. The van der Waals surface area contributed by atoms with E-state index in [1.165, 1.54) is 6.20 Å². The zero-order chi connectivity index (χ0) is 13.6. The predicted octanol–water partition coefficient (Wildman–Crippen LogP) is 2.53. The second-order valence-corrected chi connectivity index (χ2v) is 5.70. The van der Waals surface area contributed by atoms with Crippen molar-refractivity contribution in [2.45, 2.75) is 18.9 Å². The molecule has 4 nitrogen and oxygen atoms in total. The van der Waals surface area contributed by atoms with E-state index in [0.29, 0.717) is 11.4 Å². The van der Waals surface area contributed by atoms with Crippen LogP contribution in [0.5, 0.6) is 0 Å². The van der Waals surface area contributed by atoms with Crippen molar-refractivity contribution in [2.75, 3.05) is 7.05 Å². The van der Waals surface area contributed by atoms with Gasteiger partial charge in [0.15, 0.2) is 0 Å². The summed E-state index contributed by atoms with van der Waals surface area (Å²) in [5.74, 6) is -0.203. The average Bonchev–Trinajstić information content (AvgIpc) is 3.23. The van der Waals surface area contributed by atoms with Crippen LogP contribution < -0.4 is 5.43 Å². The molecule has 0 radical (unpaired) electrons. The third-order valence-electron chi connectivity index (χ3n) is 3.51. The van der Waals surface area contributed by atoms with E-state index in [2.05, 4.69) is 20.9 Å². The number of carbonyl (C=O) groups excluding carboxylic acids is 1. The Labute approximate surface area is 118 Å². The van der Waals surface area contributed by atoms with E-state index in [1.54, 1.807) is 24.1 Å². The molecule has 3 rings (SSSR count). The van der Waals surface area contributed by atoms with Gasteiger partial charge >= 0.3 is 0 Å². The molecule has 5 heteroatoms. The number of amides is 1. The first kappa shape index (κ1) is 12.4. The molecule has 1 N–H and O–H groups in total. The summed E-state index contributed by atoms with van der Waals surface area (Å²) < 4.78 is 0.816. The highest BCUT2D eigenvalue weighted by Gasteiger charge is 2.31. The Morgan fingerprint density at radius 3 is 2.84 bits per heavy atom. The monoisotopic (exact) mass is 320 g/mol. The molecular weight excluding hydrogens is 308 g/mol. The largest absolute Gasteiger partial charge is 0.359 e. The number of aromatic nitrogens is 1. The van der Waals surface area contributed by atoms with Gasteiger partial charge in [-0.25, -0.2) is 0 Å². The molecule has 1 amide bonds. The van der Waals surface area contributed by atoms with Crippen molar-refractivity contribution in [3.63, 3.8) is 0 Å². The standard InChI is InChI=1S/C14H13BrN2O2/c1-17(8-5-6-8)14(19)10-7-16-12-9(13(10)18)3-2-4-11(12)15/h2-4,7-8H,5-6H2,1H3,(H,16,18). The fourth-order valence-electron chi connectivity index (χ4n) is 2.19. The molecule has 2 aromatic rings. The highest BCUT2D eigenvalue weighted by molar-refractivity contribution is 9.10. The first-order chi connectivity index (χ1) is 9.09. The van der Waals surface area contributed by atoms with Crippen LogP contribution in [0, 0.1) is 0 Å². The van der Waals surface area contributed by atoms with Crippen LogP contribution in [0.15, 0.2) is 33.7 Å². The Bertz CT molecular complexity index is 719. The number of carbonyl (C=O) groups is 1. The van der Waals surface area contributed by atoms with Crippen molar-refractivity contribution in [3.8, 4) is 0 Å². The van der Waals surface area contributed by atoms with Crippen LogP contribution in [0.25, 0.3) is 10.9 Å². The van der Waals surface area contributed by atoms with Crippen LogP contribution in [-0.2, 0) is 0 Å². The zero-order valence-electron chi connectivity index (χ0n) is 10.4. The van der Waals surface area contributed by atoms with E-state index in [4.69, 9.17) is 0 Å². The fraction of sp³-hybridized carbons (Fsp3) is 0.286. The Hall–Kier alpha value is -1.62. The van der Waals surface area contributed by atoms with Crippen LogP contribution in [0.1, 0.15) is 23.2 Å². The zero-order valence-corrected chi connectivity index (χ0v) is 12.0. The van der Waals surface area contributed by atoms with Gasteiger partial charge in [0.25, 0.3) is 5.91 Å². The van der Waals surface area contributed by atoms with Gasteiger partial charge in [0, 0.05) is 29.1 Å². The van der Waals surface area contributed by atoms with Crippen molar-refractivity contribution in [1.29, 1.82) is 0 Å². The van der Waals surface area contributed by atoms with Crippen molar-refractivity contribution in [1.82, 2.24) is 9.88 Å². The molecule has 1 aromatic heterocycles. The summed E-state index contributed by atoms with van der Waals surface area (Å²) in [6.07, 6.45) is 3.56. The van der Waals surface area contributed by atoms with Crippen LogP contribution in [0.4, 0.5) is 0 Å². The van der Waals surface area contributed by atoms with Crippen LogP contribution >= 0.6 is 15.9 Å². The molecule has 19 heavy (non-hydrogen) atoms. The third-order valence-corrected chi connectivity index (χ3v) is 4.17. The van der Waals surface area contributed by atoms with E-state index in [9.17, 15) is 9.59 Å². The lowest BCUT2D eigenvalue weighted by Gasteiger charge is -2.16. The van der Waals surface area contributed by atoms with Crippen LogP contribution in [0.3, 0.4) is 0 Å². The van der Waals surface area contributed by atoms with Gasteiger partial charge in [-0.05, 0) is 40.9 Å². The fourth-order valence-corrected chi connectivity index (χ4v) is 2.67. The Kier molecular flexibility index (Phi) is 2.93. The molecule has 1 aliphatic carbocycles. The molecule has 1 saturated carbocycles. The second-order valence-electron chi connectivity index (χ2n) is 4.84. The third kappa shape index (κ3) is 2.08. The Balaban J connectivity index is 2.12. The maximum atomic E-state index is 12.4. The lowest BCUT2D eigenvalue weighted by Crippen LogP contribution is -2.32. The lowest BCUT2D eigenvalue weighted by molar-refractivity contribution is 0.0783. The quantitative estimate of drug-likeness (QED) is 0.924. The SMILES string of the molecule is CN(C(=O)c1c[nH]c2c(Br)cccc2c1=O)C1CC1. The van der Waals surface area contributed by atoms with Gasteiger partial charge < -0.3 is 9.88 Å². The number of H-pyrrole nitrogens is 1. The van der Waals surface area contributed by atoms with Crippen molar-refractivity contribution < 1.29 is 4.79 Å². The normalized spacial score (nSPS) is 14.6. The maximum Gasteiger partial charge on any atom is 0.259 e. The number of hydrogen-bond donors (Lipinski definition) is 1. The number of aromatic amines is 1. The molecule has 1 aliphatic rings. The molecule has 98 valence electrons. The summed E-state index contributed by atoms with van der Waals surface area (Å²) in [7, 11) is 1.75. The molecule has 1 heterocycles. The average molecular weight is 321 g/mol. The van der Waals surface area contributed by atoms with Crippen molar-refractivity contribution in [3.05, 3.63) is 44.7 Å². The summed E-state index contributed by atoms with van der Waals surface area (Å²) in [4.78, 5) is 29.3. The summed E-state index contributed by atoms with van der Waals surface area (Å²) in [6.45, 7) is 0. The predicted molar refractivity (Wildman–Crippen MR) is 77.4 cm³/mol. The van der Waals surface area contributed by atoms with Crippen molar-refractivity contribution in [2.24, 2.45) is 0 Å². The van der Waals surface area contributed by atoms with Crippen LogP contribution in [-0.4, -0.2) is 28.9 Å². The van der Waals surface area contributed by atoms with Gasteiger partial charge in [-0.1, -0.05) is 6.07 Å². The highest BCUT2D eigenvalue weighted by Crippen LogP contribution is 2.26. The van der Waals surface area contributed by atoms with Gasteiger partial charge in [-0.3, -0.25) is 9.59 Å². The number of pyridine rings is 1. The smallest absolute Gasteiger partial charge is 0.259 e. The molecular formula is C14H13BrN2O2. The van der Waals surface area contributed by atoms with E-state index in [0.717, 1.165) is 22.8 Å². The van der Waals surface area contributed by atoms with E-state index in [1.807, 2.05) is 6.07 Å². The van der Waals surface area contributed by atoms with Gasteiger partial charge in [0.1, 0.15) is 5.56 Å². The minimum absolute atomic E-state index is 0.203. The molecule has 0 unspecified atom stereocenters. The van der Waals surface area contributed by atoms with Gasteiger partial charge in [-0.2, -0.15) is 0 Å². The number of nitrogens with one attached hydrogen (secondary N) is 1. The first-order valence-corrected chi connectivity index (χ1v) is 6.96. The van der Waals surface area contributed by atoms with E-state index < -0.39 is 0 Å². The molecule has 0 aliphatic heterocycles. The number of para-hydroxylation sites is 1. The summed E-state index contributed by atoms with van der Waals surface area (Å²) in [5, 5.41) is 0.532. The number of rotatable bonds is 2. The van der Waals surface area contributed by atoms with Gasteiger partial charge in [-0.15, -0.1) is 0 Å². The van der Waals surface area contributed by atoms with Gasteiger partial charge in [0.05, 0.1) is 5.52 Å². The number of hydrogen-bond acceptors (Lipinski definition) is 2. The van der Waals surface area contributed by atoms with Gasteiger partial charge in [0.2, 0.25) is 5.43 Å². The number of fused-ring (bicyclic) bond motifs is 1. The summed E-state index contributed by atoms with van der Waals surface area (Å²) >= 11 is 3.39. The number of nitrogens with zero attached hydrogens (tertiary/aromatic N) is 1.